The van der Waals surface area contributed by atoms with Gasteiger partial charge in [-0.15, -0.1) is 0 Å². The summed E-state index contributed by atoms with van der Waals surface area (Å²) in [6.07, 6.45) is 4.11. The van der Waals surface area contributed by atoms with Crippen molar-refractivity contribution in [2.45, 2.75) is 32.4 Å². The molecular weight excluding hydrogens is 382 g/mol. The average molecular weight is 412 g/mol. The Balaban J connectivity index is 1.67. The topological polar surface area (TPSA) is 95.9 Å². The molecule has 0 amide bonds. The van der Waals surface area contributed by atoms with Gasteiger partial charge in [0.2, 0.25) is 0 Å². The first kappa shape index (κ1) is 21.6. The molecule has 0 aliphatic carbocycles. The number of aliphatic imine (C=N–C) groups is 1. The average Bonchev–Trinajstić information content (AvgIpc) is 3.44. The van der Waals surface area contributed by atoms with Crippen LogP contribution in [0.1, 0.15) is 37.1 Å². The number of nitrogens with one attached hydrogen (secondary N) is 2. The third-order valence-electron chi connectivity index (χ3n) is 5.04. The van der Waals surface area contributed by atoms with E-state index in [9.17, 15) is 10.1 Å². The Labute approximate surface area is 176 Å². The minimum absolute atomic E-state index is 0.0772. The lowest BCUT2D eigenvalue weighted by atomic mass is 10.2. The minimum Gasteiger partial charge on any atom is -0.468 e. The van der Waals surface area contributed by atoms with Crippen LogP contribution in [-0.2, 0) is 6.54 Å². The van der Waals surface area contributed by atoms with Crippen LogP contribution in [-0.4, -0.2) is 42.0 Å². The van der Waals surface area contributed by atoms with Gasteiger partial charge in [-0.05, 0) is 50.6 Å². The van der Waals surface area contributed by atoms with E-state index < -0.39 is 4.92 Å². The molecule has 1 unspecified atom stereocenters. The van der Waals surface area contributed by atoms with Crippen molar-refractivity contribution in [2.75, 3.05) is 26.2 Å². The van der Waals surface area contributed by atoms with Crippen molar-refractivity contribution in [1.82, 2.24) is 15.5 Å². The highest BCUT2D eigenvalue weighted by Crippen LogP contribution is 2.24. The lowest BCUT2D eigenvalue weighted by Gasteiger charge is -2.26. The molecule has 8 heteroatoms. The maximum atomic E-state index is 10.8. The second kappa shape index (κ2) is 10.6. The SMILES string of the molecule is C=C(C)CNC(=NCc1ccc([N+](=O)[O-])cc1)NCC(c1ccco1)N1CCCC1. The third-order valence-corrected chi connectivity index (χ3v) is 5.04. The fraction of sp³-hybridized carbons (Fsp3) is 0.409. The summed E-state index contributed by atoms with van der Waals surface area (Å²) in [5.74, 6) is 1.62. The highest BCUT2D eigenvalue weighted by molar-refractivity contribution is 5.80. The van der Waals surface area contributed by atoms with Gasteiger partial charge < -0.3 is 15.1 Å². The van der Waals surface area contributed by atoms with Gasteiger partial charge in [-0.2, -0.15) is 0 Å². The Morgan fingerprint density at radius 2 is 2.00 bits per heavy atom. The second-order valence-corrected chi connectivity index (χ2v) is 7.55. The van der Waals surface area contributed by atoms with E-state index in [-0.39, 0.29) is 11.7 Å². The molecule has 1 aliphatic rings. The molecule has 1 saturated heterocycles. The van der Waals surface area contributed by atoms with Crippen molar-refractivity contribution in [3.05, 3.63) is 76.3 Å². The summed E-state index contributed by atoms with van der Waals surface area (Å²) in [4.78, 5) is 17.5. The van der Waals surface area contributed by atoms with E-state index in [1.54, 1.807) is 18.4 Å². The van der Waals surface area contributed by atoms with Crippen LogP contribution >= 0.6 is 0 Å². The van der Waals surface area contributed by atoms with Crippen LogP contribution in [0.3, 0.4) is 0 Å². The quantitative estimate of drug-likeness (QED) is 0.215. The van der Waals surface area contributed by atoms with Crippen molar-refractivity contribution < 1.29 is 9.34 Å². The predicted octanol–water partition coefficient (Wildman–Crippen LogP) is 3.64. The number of hydrogen-bond acceptors (Lipinski definition) is 5. The van der Waals surface area contributed by atoms with Gasteiger partial charge >= 0.3 is 0 Å². The molecular formula is C22H29N5O3. The molecule has 30 heavy (non-hydrogen) atoms. The van der Waals surface area contributed by atoms with Crippen LogP contribution in [0, 0.1) is 10.1 Å². The molecule has 1 aliphatic heterocycles. The van der Waals surface area contributed by atoms with E-state index >= 15 is 0 Å². The lowest BCUT2D eigenvalue weighted by molar-refractivity contribution is -0.384. The highest BCUT2D eigenvalue weighted by atomic mass is 16.6. The smallest absolute Gasteiger partial charge is 0.269 e. The van der Waals surface area contributed by atoms with Crippen LogP contribution in [0.4, 0.5) is 5.69 Å². The van der Waals surface area contributed by atoms with Gasteiger partial charge in [0.1, 0.15) is 5.76 Å². The molecule has 2 aromatic rings. The fourth-order valence-corrected chi connectivity index (χ4v) is 3.44. The number of hydrogen-bond donors (Lipinski definition) is 2. The molecule has 2 N–H and O–H groups in total. The van der Waals surface area contributed by atoms with E-state index in [1.165, 1.54) is 25.0 Å². The third kappa shape index (κ3) is 6.18. The van der Waals surface area contributed by atoms with Crippen molar-refractivity contribution in [2.24, 2.45) is 4.99 Å². The first-order chi connectivity index (χ1) is 14.5. The Morgan fingerprint density at radius 1 is 1.27 bits per heavy atom. The summed E-state index contributed by atoms with van der Waals surface area (Å²) < 4.78 is 5.69. The standard InChI is InChI=1S/C22H29N5O3/c1-17(2)14-23-22(24-15-18-7-9-19(10-8-18)27(28)29)25-16-20(21-6-5-13-30-21)26-11-3-4-12-26/h5-10,13,20H,1,3-4,11-12,14-16H2,2H3,(H2,23,24,25). The van der Waals surface area contributed by atoms with Gasteiger partial charge in [0.15, 0.2) is 5.96 Å². The monoisotopic (exact) mass is 411 g/mol. The zero-order valence-electron chi connectivity index (χ0n) is 17.3. The fourth-order valence-electron chi connectivity index (χ4n) is 3.44. The number of guanidine groups is 1. The first-order valence-electron chi connectivity index (χ1n) is 10.2. The molecule has 3 rings (SSSR count). The summed E-state index contributed by atoms with van der Waals surface area (Å²) in [6.45, 7) is 9.70. The van der Waals surface area contributed by atoms with Gasteiger partial charge in [0.25, 0.3) is 5.69 Å². The maximum absolute atomic E-state index is 10.8. The summed E-state index contributed by atoms with van der Waals surface area (Å²) in [7, 11) is 0. The van der Waals surface area contributed by atoms with Gasteiger partial charge in [0.05, 0.1) is 23.8 Å². The second-order valence-electron chi connectivity index (χ2n) is 7.55. The zero-order chi connectivity index (χ0) is 21.3. The van der Waals surface area contributed by atoms with Gasteiger partial charge in [-0.25, -0.2) is 4.99 Å². The number of likely N-dealkylation sites (tertiary alicyclic amines) is 1. The molecule has 160 valence electrons. The predicted molar refractivity (Wildman–Crippen MR) is 117 cm³/mol. The van der Waals surface area contributed by atoms with E-state index in [1.807, 2.05) is 19.1 Å². The Hall–Kier alpha value is -3.13. The number of non-ortho nitro benzene ring substituents is 1. The largest absolute Gasteiger partial charge is 0.468 e. The first-order valence-corrected chi connectivity index (χ1v) is 10.2. The van der Waals surface area contributed by atoms with Gasteiger partial charge in [0, 0.05) is 25.2 Å². The summed E-state index contributed by atoms with van der Waals surface area (Å²) >= 11 is 0. The molecule has 2 heterocycles. The number of nitro benzene ring substituents is 1. The molecule has 0 saturated carbocycles. The van der Waals surface area contributed by atoms with E-state index in [4.69, 9.17) is 4.42 Å². The van der Waals surface area contributed by atoms with E-state index in [0.29, 0.717) is 25.6 Å². The Kier molecular flexibility index (Phi) is 7.62. The summed E-state index contributed by atoms with van der Waals surface area (Å²) in [6, 6.07) is 10.5. The molecule has 8 nitrogen and oxygen atoms in total. The van der Waals surface area contributed by atoms with Crippen molar-refractivity contribution in [3.63, 3.8) is 0 Å². The maximum Gasteiger partial charge on any atom is 0.269 e. The summed E-state index contributed by atoms with van der Waals surface area (Å²) in [5.41, 5.74) is 1.98. The van der Waals surface area contributed by atoms with Gasteiger partial charge in [-0.1, -0.05) is 24.3 Å². The molecule has 1 atom stereocenters. The number of rotatable bonds is 9. The van der Waals surface area contributed by atoms with Crippen LogP contribution in [0.5, 0.6) is 0 Å². The molecule has 0 spiro atoms. The molecule has 0 radical (unpaired) electrons. The number of benzene rings is 1. The number of nitro groups is 1. The van der Waals surface area contributed by atoms with Crippen molar-refractivity contribution in [1.29, 1.82) is 0 Å². The Morgan fingerprint density at radius 3 is 2.60 bits per heavy atom. The zero-order valence-corrected chi connectivity index (χ0v) is 17.3. The van der Waals surface area contributed by atoms with Crippen LogP contribution < -0.4 is 10.6 Å². The normalized spacial score (nSPS) is 15.7. The Bertz CT molecular complexity index is 855. The minimum atomic E-state index is -0.401. The highest BCUT2D eigenvalue weighted by Gasteiger charge is 2.25. The molecule has 1 fully saturated rings. The molecule has 0 bridgehead atoms. The van der Waals surface area contributed by atoms with E-state index in [0.717, 1.165) is 30.0 Å². The number of nitrogens with zero attached hydrogens (tertiary/aromatic N) is 3. The van der Waals surface area contributed by atoms with Crippen LogP contribution in [0.2, 0.25) is 0 Å². The van der Waals surface area contributed by atoms with Crippen LogP contribution in [0.15, 0.2) is 64.2 Å². The van der Waals surface area contributed by atoms with E-state index in [2.05, 4.69) is 27.1 Å². The summed E-state index contributed by atoms with van der Waals surface area (Å²) in [5, 5.41) is 17.5. The number of furan rings is 1. The molecule has 1 aromatic carbocycles. The van der Waals surface area contributed by atoms with Crippen LogP contribution in [0.25, 0.3) is 0 Å². The van der Waals surface area contributed by atoms with Gasteiger partial charge in [-0.3, -0.25) is 15.0 Å². The van der Waals surface area contributed by atoms with Crippen molar-refractivity contribution in [3.8, 4) is 0 Å². The van der Waals surface area contributed by atoms with Crippen molar-refractivity contribution >= 4 is 11.6 Å². The lowest BCUT2D eigenvalue weighted by Crippen LogP contribution is -2.43. The molecule has 1 aromatic heterocycles.